The van der Waals surface area contributed by atoms with Crippen molar-refractivity contribution in [1.82, 2.24) is 4.90 Å². The van der Waals surface area contributed by atoms with Crippen LogP contribution in [0.25, 0.3) is 0 Å². The minimum atomic E-state index is -0.354. The Bertz CT molecular complexity index is 382. The lowest BCUT2D eigenvalue weighted by atomic mass is 10.1. The minimum absolute atomic E-state index is 0.354. The zero-order chi connectivity index (χ0) is 14.4. The largest absolute Gasteiger partial charge is 0.390 e. The Labute approximate surface area is 125 Å². The van der Waals surface area contributed by atoms with Gasteiger partial charge in [0.25, 0.3) is 0 Å². The fourth-order valence-electron chi connectivity index (χ4n) is 2.20. The average molecular weight is 329 g/mol. The maximum atomic E-state index is 10.1. The highest BCUT2D eigenvalue weighted by molar-refractivity contribution is 9.10. The van der Waals surface area contributed by atoms with Gasteiger partial charge in [-0.1, -0.05) is 19.9 Å². The second kappa shape index (κ2) is 7.88. The number of hydrogen-bond donors (Lipinski definition) is 2. The standard InChI is InChI=1S/C15H25BrN2O/c1-5-18(6-2)10-13(19)9-17-15-12(4)7-11(3)8-14(15)16/h7-8,13,17,19H,5-6,9-10H2,1-4H3. The van der Waals surface area contributed by atoms with Crippen LogP contribution in [0.2, 0.25) is 0 Å². The molecule has 1 aromatic carbocycles. The van der Waals surface area contributed by atoms with Crippen molar-refractivity contribution in [3.05, 3.63) is 27.7 Å². The summed E-state index contributed by atoms with van der Waals surface area (Å²) < 4.78 is 1.06. The van der Waals surface area contributed by atoms with Crippen molar-refractivity contribution in [2.75, 3.05) is 31.5 Å². The molecule has 2 N–H and O–H groups in total. The third-order valence-electron chi connectivity index (χ3n) is 3.31. The van der Waals surface area contributed by atoms with Crippen LogP contribution in [-0.2, 0) is 0 Å². The minimum Gasteiger partial charge on any atom is -0.390 e. The topological polar surface area (TPSA) is 35.5 Å². The monoisotopic (exact) mass is 328 g/mol. The summed E-state index contributed by atoms with van der Waals surface area (Å²) in [6, 6.07) is 4.23. The zero-order valence-electron chi connectivity index (χ0n) is 12.3. The van der Waals surface area contributed by atoms with Crippen LogP contribution in [0.15, 0.2) is 16.6 Å². The van der Waals surface area contributed by atoms with E-state index in [1.54, 1.807) is 0 Å². The summed E-state index contributed by atoms with van der Waals surface area (Å²) in [4.78, 5) is 2.23. The molecule has 19 heavy (non-hydrogen) atoms. The second-order valence-corrected chi connectivity index (χ2v) is 5.81. The van der Waals surface area contributed by atoms with E-state index in [4.69, 9.17) is 0 Å². The van der Waals surface area contributed by atoms with Crippen LogP contribution >= 0.6 is 15.9 Å². The Balaban J connectivity index is 2.57. The number of aliphatic hydroxyl groups is 1. The molecule has 0 amide bonds. The van der Waals surface area contributed by atoms with Gasteiger partial charge < -0.3 is 15.3 Å². The van der Waals surface area contributed by atoms with Gasteiger partial charge in [0, 0.05) is 17.6 Å². The molecule has 1 aromatic rings. The molecule has 0 saturated heterocycles. The van der Waals surface area contributed by atoms with Gasteiger partial charge in [0.2, 0.25) is 0 Å². The first-order chi connectivity index (χ1) is 8.97. The van der Waals surface area contributed by atoms with E-state index in [2.05, 4.69) is 66.0 Å². The maximum absolute atomic E-state index is 10.1. The molecule has 108 valence electrons. The van der Waals surface area contributed by atoms with E-state index < -0.39 is 0 Å². The third kappa shape index (κ3) is 5.13. The van der Waals surface area contributed by atoms with Gasteiger partial charge >= 0.3 is 0 Å². The number of rotatable bonds is 7. The summed E-state index contributed by atoms with van der Waals surface area (Å²) in [5.41, 5.74) is 3.50. The van der Waals surface area contributed by atoms with Crippen LogP contribution in [0.4, 0.5) is 5.69 Å². The fraction of sp³-hybridized carbons (Fsp3) is 0.600. The van der Waals surface area contributed by atoms with Crippen LogP contribution in [0, 0.1) is 13.8 Å². The third-order valence-corrected chi connectivity index (χ3v) is 3.93. The number of aliphatic hydroxyl groups excluding tert-OH is 1. The summed E-state index contributed by atoms with van der Waals surface area (Å²) in [6.07, 6.45) is -0.354. The quantitative estimate of drug-likeness (QED) is 0.806. The molecule has 0 saturated carbocycles. The van der Waals surface area contributed by atoms with Crippen LogP contribution in [-0.4, -0.2) is 42.3 Å². The van der Waals surface area contributed by atoms with E-state index in [-0.39, 0.29) is 6.10 Å². The first kappa shape index (κ1) is 16.5. The molecule has 0 fully saturated rings. The lowest BCUT2D eigenvalue weighted by molar-refractivity contribution is 0.128. The Morgan fingerprint density at radius 2 is 1.89 bits per heavy atom. The molecule has 1 rings (SSSR count). The molecule has 0 radical (unpaired) electrons. The number of hydrogen-bond acceptors (Lipinski definition) is 3. The van der Waals surface area contributed by atoms with E-state index in [9.17, 15) is 5.11 Å². The van der Waals surface area contributed by atoms with Crippen molar-refractivity contribution in [2.24, 2.45) is 0 Å². The molecular weight excluding hydrogens is 304 g/mol. The van der Waals surface area contributed by atoms with E-state index >= 15 is 0 Å². The molecular formula is C15H25BrN2O. The molecule has 1 unspecified atom stereocenters. The molecule has 0 bridgehead atoms. The normalized spacial score (nSPS) is 12.8. The summed E-state index contributed by atoms with van der Waals surface area (Å²) in [5, 5.41) is 13.4. The summed E-state index contributed by atoms with van der Waals surface area (Å²) >= 11 is 3.57. The first-order valence-corrected chi connectivity index (χ1v) is 7.68. The Morgan fingerprint density at radius 3 is 2.42 bits per heavy atom. The van der Waals surface area contributed by atoms with Gasteiger partial charge in [0.05, 0.1) is 11.8 Å². The second-order valence-electron chi connectivity index (χ2n) is 4.96. The molecule has 0 spiro atoms. The number of nitrogens with zero attached hydrogens (tertiary/aromatic N) is 1. The van der Waals surface area contributed by atoms with Gasteiger partial charge in [-0.25, -0.2) is 0 Å². The van der Waals surface area contributed by atoms with Crippen LogP contribution in [0.5, 0.6) is 0 Å². The fourth-order valence-corrected chi connectivity index (χ4v) is 3.02. The molecule has 0 aliphatic rings. The van der Waals surface area contributed by atoms with Crippen molar-refractivity contribution >= 4 is 21.6 Å². The van der Waals surface area contributed by atoms with Crippen molar-refractivity contribution in [3.63, 3.8) is 0 Å². The number of nitrogens with one attached hydrogen (secondary N) is 1. The number of benzene rings is 1. The van der Waals surface area contributed by atoms with Crippen LogP contribution in [0.1, 0.15) is 25.0 Å². The number of halogens is 1. The van der Waals surface area contributed by atoms with Gasteiger partial charge in [-0.2, -0.15) is 0 Å². The van der Waals surface area contributed by atoms with E-state index in [0.717, 1.165) is 23.2 Å². The lowest BCUT2D eigenvalue weighted by Gasteiger charge is -2.23. The summed E-state index contributed by atoms with van der Waals surface area (Å²) in [5.74, 6) is 0. The van der Waals surface area contributed by atoms with Gasteiger partial charge in [-0.15, -0.1) is 0 Å². The molecule has 1 atom stereocenters. The Morgan fingerprint density at radius 1 is 1.26 bits per heavy atom. The van der Waals surface area contributed by atoms with E-state index in [1.165, 1.54) is 11.1 Å². The lowest BCUT2D eigenvalue weighted by Crippen LogP contribution is -2.36. The number of aryl methyl sites for hydroxylation is 2. The van der Waals surface area contributed by atoms with Crippen molar-refractivity contribution in [3.8, 4) is 0 Å². The summed E-state index contributed by atoms with van der Waals surface area (Å²) in [6.45, 7) is 11.6. The van der Waals surface area contributed by atoms with Gasteiger partial charge in [-0.3, -0.25) is 0 Å². The highest BCUT2D eigenvalue weighted by atomic mass is 79.9. The van der Waals surface area contributed by atoms with Crippen LogP contribution in [0.3, 0.4) is 0 Å². The maximum Gasteiger partial charge on any atom is 0.0839 e. The molecule has 4 heteroatoms. The molecule has 0 aromatic heterocycles. The number of anilines is 1. The highest BCUT2D eigenvalue weighted by Gasteiger charge is 2.10. The van der Waals surface area contributed by atoms with Crippen LogP contribution < -0.4 is 5.32 Å². The van der Waals surface area contributed by atoms with Gasteiger partial charge in [0.15, 0.2) is 0 Å². The van der Waals surface area contributed by atoms with Crippen molar-refractivity contribution < 1.29 is 5.11 Å². The highest BCUT2D eigenvalue weighted by Crippen LogP contribution is 2.27. The predicted octanol–water partition coefficient (Wildman–Crippen LogP) is 3.18. The first-order valence-electron chi connectivity index (χ1n) is 6.88. The zero-order valence-corrected chi connectivity index (χ0v) is 13.9. The van der Waals surface area contributed by atoms with Crippen molar-refractivity contribution in [1.29, 1.82) is 0 Å². The predicted molar refractivity (Wildman–Crippen MR) is 85.9 cm³/mol. The molecule has 0 heterocycles. The average Bonchev–Trinajstić information content (AvgIpc) is 2.34. The van der Waals surface area contributed by atoms with Gasteiger partial charge in [0.1, 0.15) is 0 Å². The molecule has 0 aliphatic carbocycles. The smallest absolute Gasteiger partial charge is 0.0839 e. The summed E-state index contributed by atoms with van der Waals surface area (Å²) in [7, 11) is 0. The van der Waals surface area contributed by atoms with Gasteiger partial charge in [-0.05, 0) is 60.1 Å². The number of likely N-dealkylation sites (N-methyl/N-ethyl adjacent to an activating group) is 1. The molecule has 3 nitrogen and oxygen atoms in total. The Kier molecular flexibility index (Phi) is 6.83. The van der Waals surface area contributed by atoms with E-state index in [1.807, 2.05) is 0 Å². The SMILES string of the molecule is CCN(CC)CC(O)CNc1c(C)cc(C)cc1Br. The Hall–Kier alpha value is -0.580. The van der Waals surface area contributed by atoms with E-state index in [0.29, 0.717) is 13.1 Å². The molecule has 0 aliphatic heterocycles. The van der Waals surface area contributed by atoms with Crippen molar-refractivity contribution in [2.45, 2.75) is 33.8 Å².